The maximum atomic E-state index is 6.11. The van der Waals surface area contributed by atoms with E-state index in [2.05, 4.69) is 15.9 Å². The lowest BCUT2D eigenvalue weighted by Gasteiger charge is -2.10. The van der Waals surface area contributed by atoms with E-state index >= 15 is 0 Å². The van der Waals surface area contributed by atoms with Gasteiger partial charge in [-0.05, 0) is 53.6 Å². The van der Waals surface area contributed by atoms with E-state index in [1.807, 2.05) is 0 Å². The number of nitrogens with two attached hydrogens (primary N) is 1. The molecule has 0 spiro atoms. The van der Waals surface area contributed by atoms with Gasteiger partial charge in [-0.3, -0.25) is 4.98 Å². The highest BCUT2D eigenvalue weighted by Gasteiger charge is 2.30. The molecular weight excluding hydrogens is 240 g/mol. The molecule has 3 heteroatoms. The first-order valence-electron chi connectivity index (χ1n) is 5.24. The van der Waals surface area contributed by atoms with Crippen molar-refractivity contribution in [3.05, 3.63) is 21.4 Å². The molecule has 14 heavy (non-hydrogen) atoms. The predicted molar refractivity (Wildman–Crippen MR) is 60.3 cm³/mol. The molecule has 2 nitrogen and oxygen atoms in total. The molecule has 0 radical (unpaired) electrons. The van der Waals surface area contributed by atoms with Crippen LogP contribution in [0.4, 0.5) is 5.69 Å². The minimum absolute atomic E-state index is 0.678. The van der Waals surface area contributed by atoms with Gasteiger partial charge in [-0.2, -0.15) is 0 Å². The second-order valence-corrected chi connectivity index (χ2v) is 5.07. The Morgan fingerprint density at radius 2 is 2.07 bits per heavy atom. The van der Waals surface area contributed by atoms with Crippen LogP contribution in [-0.2, 0) is 12.8 Å². The molecule has 0 atom stereocenters. The molecule has 0 amide bonds. The van der Waals surface area contributed by atoms with Gasteiger partial charge in [0.15, 0.2) is 0 Å². The van der Waals surface area contributed by atoms with Crippen LogP contribution in [0, 0.1) is 0 Å². The van der Waals surface area contributed by atoms with Crippen molar-refractivity contribution in [2.45, 2.75) is 38.0 Å². The van der Waals surface area contributed by atoms with E-state index in [1.54, 1.807) is 0 Å². The molecule has 1 aromatic rings. The van der Waals surface area contributed by atoms with Crippen LogP contribution in [0.5, 0.6) is 0 Å². The van der Waals surface area contributed by atoms with Gasteiger partial charge in [0.1, 0.15) is 0 Å². The van der Waals surface area contributed by atoms with Gasteiger partial charge in [0.05, 0.1) is 15.9 Å². The zero-order valence-corrected chi connectivity index (χ0v) is 9.60. The Hall–Kier alpha value is -0.570. The molecule has 74 valence electrons. The average molecular weight is 253 g/mol. The second-order valence-electron chi connectivity index (χ2n) is 4.28. The lowest BCUT2D eigenvalue weighted by Crippen LogP contribution is -2.02. The molecule has 1 heterocycles. The normalized spacial score (nSPS) is 19.8. The molecule has 0 aliphatic heterocycles. The van der Waals surface area contributed by atoms with Gasteiger partial charge in [0.2, 0.25) is 0 Å². The molecule has 2 N–H and O–H groups in total. The standard InChI is InChI=1S/C11H13BrN2/c12-9-10(13)7-2-1-3-8(7)14-11(9)6-4-5-6/h6H,1-5H2,(H2,13,14). The molecular formula is C11H13BrN2. The number of halogens is 1. The smallest absolute Gasteiger partial charge is 0.0626 e. The number of fused-ring (bicyclic) bond motifs is 1. The van der Waals surface area contributed by atoms with Crippen molar-refractivity contribution in [3.63, 3.8) is 0 Å². The third-order valence-electron chi connectivity index (χ3n) is 3.19. The Balaban J connectivity index is 2.18. The monoisotopic (exact) mass is 252 g/mol. The van der Waals surface area contributed by atoms with Gasteiger partial charge >= 0.3 is 0 Å². The van der Waals surface area contributed by atoms with Crippen molar-refractivity contribution in [3.8, 4) is 0 Å². The number of nitrogens with zero attached hydrogens (tertiary/aromatic N) is 1. The molecule has 0 bridgehead atoms. The molecule has 1 aromatic heterocycles. The van der Waals surface area contributed by atoms with Crippen LogP contribution in [-0.4, -0.2) is 4.98 Å². The average Bonchev–Trinajstić information content (AvgIpc) is 2.91. The summed E-state index contributed by atoms with van der Waals surface area (Å²) in [6.45, 7) is 0. The molecule has 2 aliphatic rings. The number of anilines is 1. The van der Waals surface area contributed by atoms with Crippen molar-refractivity contribution >= 4 is 21.6 Å². The molecule has 1 fully saturated rings. The number of hydrogen-bond acceptors (Lipinski definition) is 2. The highest BCUT2D eigenvalue weighted by Crippen LogP contribution is 2.45. The van der Waals surface area contributed by atoms with Crippen molar-refractivity contribution < 1.29 is 0 Å². The third-order valence-corrected chi connectivity index (χ3v) is 4.03. The first-order chi connectivity index (χ1) is 6.77. The van der Waals surface area contributed by atoms with Crippen LogP contribution in [0.15, 0.2) is 4.47 Å². The number of aromatic nitrogens is 1. The van der Waals surface area contributed by atoms with E-state index < -0.39 is 0 Å². The van der Waals surface area contributed by atoms with Crippen LogP contribution in [0.2, 0.25) is 0 Å². The maximum Gasteiger partial charge on any atom is 0.0626 e. The van der Waals surface area contributed by atoms with Gasteiger partial charge in [0, 0.05) is 11.6 Å². The number of nitrogen functional groups attached to an aromatic ring is 1. The van der Waals surface area contributed by atoms with Gasteiger partial charge < -0.3 is 5.73 Å². The Kier molecular flexibility index (Phi) is 1.84. The highest BCUT2D eigenvalue weighted by atomic mass is 79.9. The predicted octanol–water partition coefficient (Wildman–Crippen LogP) is 2.79. The zero-order chi connectivity index (χ0) is 9.71. The minimum Gasteiger partial charge on any atom is -0.397 e. The number of rotatable bonds is 1. The third kappa shape index (κ3) is 1.18. The number of hydrogen-bond donors (Lipinski definition) is 1. The van der Waals surface area contributed by atoms with Gasteiger partial charge in [-0.25, -0.2) is 0 Å². The van der Waals surface area contributed by atoms with Crippen molar-refractivity contribution in [2.24, 2.45) is 0 Å². The summed E-state index contributed by atoms with van der Waals surface area (Å²) in [7, 11) is 0. The minimum atomic E-state index is 0.678. The summed E-state index contributed by atoms with van der Waals surface area (Å²) in [4.78, 5) is 4.75. The number of aryl methyl sites for hydroxylation is 1. The Labute approximate surface area is 92.0 Å². The summed E-state index contributed by atoms with van der Waals surface area (Å²) in [6, 6.07) is 0. The fraction of sp³-hybridized carbons (Fsp3) is 0.545. The van der Waals surface area contributed by atoms with Crippen LogP contribution in [0.25, 0.3) is 0 Å². The van der Waals surface area contributed by atoms with Gasteiger partial charge in [0.25, 0.3) is 0 Å². The molecule has 1 saturated carbocycles. The Morgan fingerprint density at radius 3 is 2.79 bits per heavy atom. The maximum absolute atomic E-state index is 6.11. The van der Waals surface area contributed by atoms with E-state index in [0.29, 0.717) is 5.92 Å². The van der Waals surface area contributed by atoms with Crippen molar-refractivity contribution in [1.29, 1.82) is 0 Å². The summed E-state index contributed by atoms with van der Waals surface area (Å²) in [6.07, 6.45) is 6.00. The van der Waals surface area contributed by atoms with Crippen LogP contribution in [0.1, 0.15) is 42.1 Å². The molecule has 0 aromatic carbocycles. The van der Waals surface area contributed by atoms with Gasteiger partial charge in [-0.1, -0.05) is 0 Å². The largest absolute Gasteiger partial charge is 0.397 e. The van der Waals surface area contributed by atoms with Crippen molar-refractivity contribution in [2.75, 3.05) is 5.73 Å². The highest BCUT2D eigenvalue weighted by molar-refractivity contribution is 9.10. The topological polar surface area (TPSA) is 38.9 Å². The lowest BCUT2D eigenvalue weighted by atomic mass is 10.1. The summed E-state index contributed by atoms with van der Waals surface area (Å²) in [5, 5.41) is 0. The van der Waals surface area contributed by atoms with E-state index in [1.165, 1.54) is 36.2 Å². The lowest BCUT2D eigenvalue weighted by molar-refractivity contribution is 0.889. The summed E-state index contributed by atoms with van der Waals surface area (Å²) >= 11 is 3.59. The molecule has 0 unspecified atom stereocenters. The summed E-state index contributed by atoms with van der Waals surface area (Å²) < 4.78 is 1.07. The Bertz CT molecular complexity index is 397. The molecule has 0 saturated heterocycles. The van der Waals surface area contributed by atoms with Gasteiger partial charge in [-0.15, -0.1) is 0 Å². The fourth-order valence-electron chi connectivity index (χ4n) is 2.23. The van der Waals surface area contributed by atoms with Crippen LogP contribution in [0.3, 0.4) is 0 Å². The zero-order valence-electron chi connectivity index (χ0n) is 8.02. The SMILES string of the molecule is Nc1c(Br)c(C2CC2)nc2c1CCC2. The summed E-state index contributed by atoms with van der Waals surface area (Å²) in [5.41, 5.74) is 10.8. The quantitative estimate of drug-likeness (QED) is 0.835. The molecule has 2 aliphatic carbocycles. The Morgan fingerprint density at radius 1 is 1.29 bits per heavy atom. The molecule has 3 rings (SSSR count). The van der Waals surface area contributed by atoms with E-state index in [-0.39, 0.29) is 0 Å². The van der Waals surface area contributed by atoms with Crippen LogP contribution < -0.4 is 5.73 Å². The first-order valence-corrected chi connectivity index (χ1v) is 6.03. The van der Waals surface area contributed by atoms with Crippen molar-refractivity contribution in [1.82, 2.24) is 4.98 Å². The summed E-state index contributed by atoms with van der Waals surface area (Å²) in [5.74, 6) is 0.678. The van der Waals surface area contributed by atoms with E-state index in [4.69, 9.17) is 10.7 Å². The number of pyridine rings is 1. The van der Waals surface area contributed by atoms with E-state index in [9.17, 15) is 0 Å². The van der Waals surface area contributed by atoms with E-state index in [0.717, 1.165) is 23.0 Å². The van der Waals surface area contributed by atoms with Crippen LogP contribution >= 0.6 is 15.9 Å². The fourth-order valence-corrected chi connectivity index (χ4v) is 2.89. The second kappa shape index (κ2) is 2.96. The first kappa shape index (κ1) is 8.72.